The number of carbonyl (C=O) groups is 4. The van der Waals surface area contributed by atoms with Crippen LogP contribution < -0.4 is 5.32 Å². The highest BCUT2D eigenvalue weighted by Gasteiger charge is 2.36. The fraction of sp³-hybridized carbons (Fsp3) is 0.524. The normalized spacial score (nSPS) is 21.8. The number of nitrogens with one attached hydrogen (secondary N) is 1. The number of hydrogen-bond donors (Lipinski definition) is 2. The molecule has 0 spiro atoms. The maximum atomic E-state index is 12.5. The van der Waals surface area contributed by atoms with Crippen LogP contribution in [0.1, 0.15) is 70.6 Å². The van der Waals surface area contributed by atoms with Crippen LogP contribution in [0.25, 0.3) is 0 Å². The summed E-state index contributed by atoms with van der Waals surface area (Å²) in [6.45, 7) is 4.49. The molecule has 7 heteroatoms. The van der Waals surface area contributed by atoms with Crippen molar-refractivity contribution in [3.05, 3.63) is 34.9 Å². The van der Waals surface area contributed by atoms with Gasteiger partial charge in [-0.05, 0) is 42.9 Å². The second-order valence-corrected chi connectivity index (χ2v) is 8.07. The van der Waals surface area contributed by atoms with Gasteiger partial charge in [-0.2, -0.15) is 0 Å². The Kier molecular flexibility index (Phi) is 5.82. The third kappa shape index (κ3) is 3.93. The lowest BCUT2D eigenvalue weighted by Crippen LogP contribution is -2.37. The van der Waals surface area contributed by atoms with E-state index in [1.165, 1.54) is 23.1 Å². The largest absolute Gasteiger partial charge is 0.481 e. The summed E-state index contributed by atoms with van der Waals surface area (Å²) in [4.78, 5) is 50.1. The minimum absolute atomic E-state index is 0.0885. The number of hydrogen-bond acceptors (Lipinski definition) is 4. The van der Waals surface area contributed by atoms with E-state index < -0.39 is 11.9 Å². The molecule has 28 heavy (non-hydrogen) atoms. The molecule has 1 aromatic carbocycles. The summed E-state index contributed by atoms with van der Waals surface area (Å²) in [6, 6.07) is 4.51. The highest BCUT2D eigenvalue weighted by molar-refractivity contribution is 6.22. The van der Waals surface area contributed by atoms with Crippen LogP contribution in [0.2, 0.25) is 0 Å². The van der Waals surface area contributed by atoms with E-state index in [-0.39, 0.29) is 35.1 Å². The number of amides is 3. The Hall–Kier alpha value is -2.70. The van der Waals surface area contributed by atoms with Crippen molar-refractivity contribution in [3.63, 3.8) is 0 Å². The zero-order chi connectivity index (χ0) is 20.4. The summed E-state index contributed by atoms with van der Waals surface area (Å²) < 4.78 is 0. The van der Waals surface area contributed by atoms with E-state index in [1.54, 1.807) is 0 Å². The van der Waals surface area contributed by atoms with Gasteiger partial charge < -0.3 is 10.4 Å². The lowest BCUT2D eigenvalue weighted by molar-refractivity contribution is -0.144. The number of rotatable bonds is 6. The summed E-state index contributed by atoms with van der Waals surface area (Å²) in [5, 5.41) is 12.2. The molecule has 0 aromatic heterocycles. The lowest BCUT2D eigenvalue weighted by atomic mass is 9.79. The molecule has 1 aromatic rings. The Morgan fingerprint density at radius 1 is 1.14 bits per heavy atom. The van der Waals surface area contributed by atoms with Crippen LogP contribution >= 0.6 is 0 Å². The Bertz CT molecular complexity index is 817. The first-order valence-corrected chi connectivity index (χ1v) is 9.80. The number of fused-ring (bicyclic) bond motifs is 1. The monoisotopic (exact) mass is 386 g/mol. The summed E-state index contributed by atoms with van der Waals surface area (Å²) in [5.41, 5.74) is 0.869. The third-order valence-corrected chi connectivity index (χ3v) is 5.53. The molecule has 3 rings (SSSR count). The molecule has 2 aliphatic rings. The average Bonchev–Trinajstić information content (AvgIpc) is 2.90. The number of benzene rings is 1. The second kappa shape index (κ2) is 8.12. The van der Waals surface area contributed by atoms with E-state index in [4.69, 9.17) is 0 Å². The minimum atomic E-state index is -0.814. The molecule has 0 unspecified atom stereocenters. The van der Waals surface area contributed by atoms with E-state index in [2.05, 4.69) is 5.32 Å². The average molecular weight is 386 g/mol. The number of imide groups is 1. The molecule has 1 fully saturated rings. The number of carboxylic acids is 1. The molecule has 2 N–H and O–H groups in total. The van der Waals surface area contributed by atoms with Gasteiger partial charge in [-0.15, -0.1) is 0 Å². The first-order valence-electron chi connectivity index (χ1n) is 9.80. The van der Waals surface area contributed by atoms with Gasteiger partial charge >= 0.3 is 5.97 Å². The Labute approximate surface area is 164 Å². The first kappa shape index (κ1) is 20.0. The van der Waals surface area contributed by atoms with Crippen molar-refractivity contribution >= 4 is 23.7 Å². The van der Waals surface area contributed by atoms with Crippen LogP contribution in [-0.4, -0.2) is 46.8 Å². The minimum Gasteiger partial charge on any atom is -0.481 e. The highest BCUT2D eigenvalue weighted by atomic mass is 16.4. The zero-order valence-corrected chi connectivity index (χ0v) is 16.2. The van der Waals surface area contributed by atoms with Crippen LogP contribution in [0, 0.1) is 17.8 Å². The van der Waals surface area contributed by atoms with E-state index in [0.29, 0.717) is 30.6 Å². The Morgan fingerprint density at radius 3 is 2.50 bits per heavy atom. The number of aliphatic carboxylic acids is 1. The number of carboxylic acid groups (broad SMARTS) is 1. The van der Waals surface area contributed by atoms with Crippen LogP contribution in [-0.2, 0) is 4.79 Å². The summed E-state index contributed by atoms with van der Waals surface area (Å²) >= 11 is 0. The standard InChI is InChI=1S/C21H26N2O5/c1-12(2)11-23-19(25)16-8-7-13(9-17(16)20(23)26)18(24)22-10-14-5-3-4-6-15(14)21(27)28/h7-9,12,14-15H,3-6,10-11H2,1-2H3,(H,22,24)(H,27,28)/t14-,15-/m0/s1. The third-order valence-electron chi connectivity index (χ3n) is 5.53. The van der Waals surface area contributed by atoms with Crippen LogP contribution in [0.5, 0.6) is 0 Å². The van der Waals surface area contributed by atoms with E-state index >= 15 is 0 Å². The Morgan fingerprint density at radius 2 is 1.82 bits per heavy atom. The van der Waals surface area contributed by atoms with Crippen molar-refractivity contribution in [2.75, 3.05) is 13.1 Å². The molecule has 1 heterocycles. The second-order valence-electron chi connectivity index (χ2n) is 8.07. The predicted molar refractivity (Wildman–Crippen MR) is 102 cm³/mol. The maximum absolute atomic E-state index is 12.5. The van der Waals surface area contributed by atoms with Gasteiger partial charge in [0.15, 0.2) is 0 Å². The number of nitrogens with zero attached hydrogens (tertiary/aromatic N) is 1. The van der Waals surface area contributed by atoms with Crippen LogP contribution in [0.15, 0.2) is 18.2 Å². The van der Waals surface area contributed by atoms with E-state index in [1.807, 2.05) is 13.8 Å². The van der Waals surface area contributed by atoms with Gasteiger partial charge in [0, 0.05) is 18.7 Å². The molecule has 7 nitrogen and oxygen atoms in total. The van der Waals surface area contributed by atoms with Crippen molar-refractivity contribution in [1.29, 1.82) is 0 Å². The molecule has 150 valence electrons. The molecule has 1 aliphatic carbocycles. The van der Waals surface area contributed by atoms with Crippen molar-refractivity contribution < 1.29 is 24.3 Å². The summed E-state index contributed by atoms with van der Waals surface area (Å²) in [6.07, 6.45) is 3.27. The smallest absolute Gasteiger partial charge is 0.306 e. The van der Waals surface area contributed by atoms with Crippen LogP contribution in [0.3, 0.4) is 0 Å². The molecule has 1 saturated carbocycles. The van der Waals surface area contributed by atoms with Crippen molar-refractivity contribution in [1.82, 2.24) is 10.2 Å². The van der Waals surface area contributed by atoms with Crippen molar-refractivity contribution in [2.45, 2.75) is 39.5 Å². The summed E-state index contributed by atoms with van der Waals surface area (Å²) in [7, 11) is 0. The van der Waals surface area contributed by atoms with Gasteiger partial charge in [-0.3, -0.25) is 24.1 Å². The summed E-state index contributed by atoms with van der Waals surface area (Å²) in [5.74, 6) is -2.24. The Balaban J connectivity index is 1.70. The highest BCUT2D eigenvalue weighted by Crippen LogP contribution is 2.30. The van der Waals surface area contributed by atoms with Crippen molar-refractivity contribution in [2.24, 2.45) is 17.8 Å². The molecule has 1 aliphatic heterocycles. The van der Waals surface area contributed by atoms with Crippen molar-refractivity contribution in [3.8, 4) is 0 Å². The molecule has 3 amide bonds. The topological polar surface area (TPSA) is 104 Å². The lowest BCUT2D eigenvalue weighted by Gasteiger charge is -2.28. The molecule has 0 radical (unpaired) electrons. The van der Waals surface area contributed by atoms with Gasteiger partial charge in [0.05, 0.1) is 17.0 Å². The predicted octanol–water partition coefficient (Wildman–Crippen LogP) is 2.56. The van der Waals surface area contributed by atoms with Gasteiger partial charge in [0.25, 0.3) is 17.7 Å². The molecular formula is C21H26N2O5. The van der Waals surface area contributed by atoms with Gasteiger partial charge in [0.2, 0.25) is 0 Å². The van der Waals surface area contributed by atoms with Gasteiger partial charge in [-0.25, -0.2) is 0 Å². The first-order chi connectivity index (χ1) is 13.3. The SMILES string of the molecule is CC(C)CN1C(=O)c2ccc(C(=O)NC[C@@H]3CCCC[C@@H]3C(=O)O)cc2C1=O. The van der Waals surface area contributed by atoms with Gasteiger partial charge in [0.1, 0.15) is 0 Å². The fourth-order valence-corrected chi connectivity index (χ4v) is 4.07. The number of carbonyl (C=O) groups excluding carboxylic acids is 3. The van der Waals surface area contributed by atoms with Gasteiger partial charge in [-0.1, -0.05) is 26.7 Å². The zero-order valence-electron chi connectivity index (χ0n) is 16.2. The molecular weight excluding hydrogens is 360 g/mol. The molecule has 0 saturated heterocycles. The van der Waals surface area contributed by atoms with E-state index in [9.17, 15) is 24.3 Å². The van der Waals surface area contributed by atoms with Crippen LogP contribution in [0.4, 0.5) is 0 Å². The van der Waals surface area contributed by atoms with E-state index in [0.717, 1.165) is 19.3 Å². The fourth-order valence-electron chi connectivity index (χ4n) is 4.07. The quantitative estimate of drug-likeness (QED) is 0.731. The molecule has 2 atom stereocenters. The maximum Gasteiger partial charge on any atom is 0.306 e. The molecule has 0 bridgehead atoms.